The smallest absolute Gasteiger partial charge is 0.407 e. The predicted molar refractivity (Wildman–Crippen MR) is 95.3 cm³/mol. The maximum atomic E-state index is 13.3. The fraction of sp³-hybridized carbons (Fsp3) is 0.350. The summed E-state index contributed by atoms with van der Waals surface area (Å²) < 4.78 is 40.0. The largest absolute Gasteiger partial charge is 0.508 e. The molecular formula is C20H21F3N2O2. The number of halogens is 3. The Hall–Kier alpha value is -2.54. The molecule has 0 aliphatic carbocycles. The van der Waals surface area contributed by atoms with Gasteiger partial charge < -0.3 is 10.0 Å². The highest BCUT2D eigenvalue weighted by Crippen LogP contribution is 2.33. The summed E-state index contributed by atoms with van der Waals surface area (Å²) >= 11 is 0. The number of likely N-dealkylation sites (tertiary alicyclic amines) is 1. The Labute approximate surface area is 155 Å². The zero-order chi connectivity index (χ0) is 19.4. The van der Waals surface area contributed by atoms with Crippen molar-refractivity contribution in [3.05, 3.63) is 65.7 Å². The summed E-state index contributed by atoms with van der Waals surface area (Å²) in [5.41, 5.74) is 1.09. The van der Waals surface area contributed by atoms with E-state index in [0.717, 1.165) is 12.0 Å². The number of carbonyl (C=O) groups excluding carboxylic acids is 1. The van der Waals surface area contributed by atoms with Crippen molar-refractivity contribution in [2.45, 2.75) is 24.6 Å². The minimum absolute atomic E-state index is 0.0844. The molecular weight excluding hydrogens is 357 g/mol. The predicted octanol–water partition coefficient (Wildman–Crippen LogP) is 3.60. The molecule has 2 unspecified atom stereocenters. The van der Waals surface area contributed by atoms with Crippen LogP contribution in [0.1, 0.15) is 29.5 Å². The molecule has 1 aliphatic heterocycles. The van der Waals surface area contributed by atoms with Gasteiger partial charge in [-0.25, -0.2) is 0 Å². The number of nitrogens with one attached hydrogen (secondary N) is 1. The van der Waals surface area contributed by atoms with Crippen LogP contribution in [-0.2, 0) is 4.79 Å². The van der Waals surface area contributed by atoms with Gasteiger partial charge in [-0.2, -0.15) is 13.2 Å². The maximum absolute atomic E-state index is 13.3. The number of phenols is 1. The first-order chi connectivity index (χ1) is 12.8. The van der Waals surface area contributed by atoms with Crippen LogP contribution in [0.5, 0.6) is 5.75 Å². The monoisotopic (exact) mass is 378 g/mol. The Morgan fingerprint density at radius 1 is 1.15 bits per heavy atom. The van der Waals surface area contributed by atoms with E-state index in [1.807, 2.05) is 0 Å². The molecule has 2 N–H and O–H groups in total. The van der Waals surface area contributed by atoms with Crippen molar-refractivity contribution >= 4 is 5.91 Å². The lowest BCUT2D eigenvalue weighted by molar-refractivity contribution is -0.159. The van der Waals surface area contributed by atoms with E-state index < -0.39 is 12.2 Å². The molecule has 0 spiro atoms. The van der Waals surface area contributed by atoms with Crippen LogP contribution < -0.4 is 5.32 Å². The quantitative estimate of drug-likeness (QED) is 0.836. The highest BCUT2D eigenvalue weighted by Gasteiger charge is 2.41. The van der Waals surface area contributed by atoms with Gasteiger partial charge in [-0.05, 0) is 29.7 Å². The first-order valence-electron chi connectivity index (χ1n) is 8.76. The summed E-state index contributed by atoms with van der Waals surface area (Å²) in [7, 11) is 0. The Bertz CT molecular complexity index is 763. The zero-order valence-corrected chi connectivity index (χ0v) is 14.6. The molecule has 7 heteroatoms. The summed E-state index contributed by atoms with van der Waals surface area (Å²) in [6.07, 6.45) is -3.74. The van der Waals surface area contributed by atoms with Crippen LogP contribution >= 0.6 is 0 Å². The Morgan fingerprint density at radius 2 is 1.81 bits per heavy atom. The van der Waals surface area contributed by atoms with Crippen molar-refractivity contribution in [1.82, 2.24) is 10.2 Å². The summed E-state index contributed by atoms with van der Waals surface area (Å²) in [5, 5.41) is 11.7. The Balaban J connectivity index is 1.59. The number of hydrogen-bond acceptors (Lipinski definition) is 3. The third-order valence-electron chi connectivity index (χ3n) is 4.82. The van der Waals surface area contributed by atoms with Gasteiger partial charge in [-0.3, -0.25) is 10.1 Å². The topological polar surface area (TPSA) is 52.6 Å². The Morgan fingerprint density at radius 3 is 2.44 bits per heavy atom. The van der Waals surface area contributed by atoms with E-state index >= 15 is 0 Å². The van der Waals surface area contributed by atoms with Gasteiger partial charge in [0.05, 0.1) is 6.54 Å². The number of benzene rings is 2. The van der Waals surface area contributed by atoms with Crippen molar-refractivity contribution in [3.63, 3.8) is 0 Å². The zero-order valence-electron chi connectivity index (χ0n) is 14.6. The van der Waals surface area contributed by atoms with Crippen LogP contribution in [0.25, 0.3) is 0 Å². The van der Waals surface area contributed by atoms with Crippen molar-refractivity contribution in [3.8, 4) is 5.75 Å². The molecule has 0 bridgehead atoms. The van der Waals surface area contributed by atoms with Crippen LogP contribution in [0.3, 0.4) is 0 Å². The fourth-order valence-electron chi connectivity index (χ4n) is 3.37. The molecule has 2 aromatic rings. The molecule has 0 radical (unpaired) electrons. The van der Waals surface area contributed by atoms with E-state index in [0.29, 0.717) is 13.1 Å². The van der Waals surface area contributed by atoms with E-state index in [4.69, 9.17) is 0 Å². The van der Waals surface area contributed by atoms with Crippen molar-refractivity contribution < 1.29 is 23.1 Å². The summed E-state index contributed by atoms with van der Waals surface area (Å²) in [6, 6.07) is 12.4. The number of carbonyl (C=O) groups is 1. The molecule has 3 rings (SSSR count). The lowest BCUT2D eigenvalue weighted by Gasteiger charge is -2.24. The average molecular weight is 378 g/mol. The standard InChI is InChI=1S/C20H21F3N2O2/c21-20(22,23)19(15-4-2-1-3-5-15)24-12-18(27)25-11-10-16(13-25)14-6-8-17(26)9-7-14/h1-9,16,19,24,26H,10-13H2. The molecule has 144 valence electrons. The van der Waals surface area contributed by atoms with Gasteiger partial charge in [-0.15, -0.1) is 0 Å². The van der Waals surface area contributed by atoms with Gasteiger partial charge in [0, 0.05) is 19.0 Å². The van der Waals surface area contributed by atoms with Crippen LogP contribution in [-0.4, -0.2) is 41.7 Å². The van der Waals surface area contributed by atoms with Gasteiger partial charge in [0.15, 0.2) is 0 Å². The van der Waals surface area contributed by atoms with Crippen LogP contribution in [0.2, 0.25) is 0 Å². The number of hydrogen-bond donors (Lipinski definition) is 2. The molecule has 1 amide bonds. The van der Waals surface area contributed by atoms with Crippen molar-refractivity contribution in [2.24, 2.45) is 0 Å². The Kier molecular flexibility index (Phi) is 5.70. The summed E-state index contributed by atoms with van der Waals surface area (Å²) in [5.74, 6) is -0.0449. The van der Waals surface area contributed by atoms with Crippen molar-refractivity contribution in [1.29, 1.82) is 0 Å². The number of rotatable bonds is 5. The molecule has 0 saturated carbocycles. The minimum Gasteiger partial charge on any atom is -0.508 e. The van der Waals surface area contributed by atoms with E-state index in [1.165, 1.54) is 12.1 Å². The fourth-order valence-corrected chi connectivity index (χ4v) is 3.37. The summed E-state index contributed by atoms with van der Waals surface area (Å²) in [6.45, 7) is 0.600. The molecule has 27 heavy (non-hydrogen) atoms. The first kappa shape index (κ1) is 19.2. The average Bonchev–Trinajstić information content (AvgIpc) is 3.12. The molecule has 4 nitrogen and oxygen atoms in total. The van der Waals surface area contributed by atoms with Crippen molar-refractivity contribution in [2.75, 3.05) is 19.6 Å². The van der Waals surface area contributed by atoms with E-state index in [1.54, 1.807) is 47.4 Å². The third kappa shape index (κ3) is 4.80. The van der Waals surface area contributed by atoms with Gasteiger partial charge in [-0.1, -0.05) is 42.5 Å². The van der Waals surface area contributed by atoms with Gasteiger partial charge in [0.1, 0.15) is 11.8 Å². The van der Waals surface area contributed by atoms with Gasteiger partial charge in [0.2, 0.25) is 5.91 Å². The van der Waals surface area contributed by atoms with Crippen LogP contribution in [0, 0.1) is 0 Å². The normalized spacial score (nSPS) is 18.5. The molecule has 2 aromatic carbocycles. The second kappa shape index (κ2) is 8.00. The third-order valence-corrected chi connectivity index (χ3v) is 4.82. The van der Waals surface area contributed by atoms with E-state index in [2.05, 4.69) is 5.32 Å². The maximum Gasteiger partial charge on any atom is 0.407 e. The van der Waals surface area contributed by atoms with Crippen LogP contribution in [0.4, 0.5) is 13.2 Å². The van der Waals surface area contributed by atoms with Crippen LogP contribution in [0.15, 0.2) is 54.6 Å². The number of amides is 1. The number of alkyl halides is 3. The SMILES string of the molecule is O=C(CNC(c1ccccc1)C(F)(F)F)N1CCC(c2ccc(O)cc2)C1. The second-order valence-electron chi connectivity index (χ2n) is 6.68. The second-order valence-corrected chi connectivity index (χ2v) is 6.68. The lowest BCUT2D eigenvalue weighted by Crippen LogP contribution is -2.42. The number of aromatic hydroxyl groups is 1. The molecule has 1 heterocycles. The highest BCUT2D eigenvalue weighted by atomic mass is 19.4. The minimum atomic E-state index is -4.48. The molecule has 0 aromatic heterocycles. The molecule has 1 saturated heterocycles. The lowest BCUT2D eigenvalue weighted by atomic mass is 9.98. The number of nitrogens with zero attached hydrogens (tertiary/aromatic N) is 1. The molecule has 1 fully saturated rings. The van der Waals surface area contributed by atoms with Gasteiger partial charge >= 0.3 is 6.18 Å². The first-order valence-corrected chi connectivity index (χ1v) is 8.76. The molecule has 2 atom stereocenters. The number of phenolic OH excluding ortho intramolecular Hbond substituents is 1. The van der Waals surface area contributed by atoms with E-state index in [9.17, 15) is 23.1 Å². The summed E-state index contributed by atoms with van der Waals surface area (Å²) in [4.78, 5) is 14.0. The molecule has 1 aliphatic rings. The van der Waals surface area contributed by atoms with Gasteiger partial charge in [0.25, 0.3) is 0 Å². The highest BCUT2D eigenvalue weighted by molar-refractivity contribution is 5.78. The van der Waals surface area contributed by atoms with E-state index in [-0.39, 0.29) is 29.7 Å².